The summed E-state index contributed by atoms with van der Waals surface area (Å²) >= 11 is 0. The number of para-hydroxylation sites is 1. The minimum absolute atomic E-state index is 0.172. The second kappa shape index (κ2) is 5.64. The molecule has 1 aromatic heterocycles. The van der Waals surface area contributed by atoms with Gasteiger partial charge in [0.1, 0.15) is 11.3 Å². The third-order valence-electron chi connectivity index (χ3n) is 2.74. The van der Waals surface area contributed by atoms with E-state index in [0.717, 1.165) is 29.5 Å². The van der Waals surface area contributed by atoms with E-state index in [1.54, 1.807) is 6.20 Å². The first-order chi connectivity index (χ1) is 8.31. The highest BCUT2D eigenvalue weighted by Gasteiger charge is 2.07. The molecule has 0 bridgehead atoms. The molecule has 0 radical (unpaired) electrons. The second-order valence-corrected chi connectivity index (χ2v) is 4.19. The Bertz CT molecular complexity index is 479. The van der Waals surface area contributed by atoms with E-state index in [-0.39, 0.29) is 6.10 Å². The van der Waals surface area contributed by atoms with E-state index in [1.807, 2.05) is 30.3 Å². The van der Waals surface area contributed by atoms with Gasteiger partial charge in [0.15, 0.2) is 0 Å². The Morgan fingerprint density at radius 2 is 2.12 bits per heavy atom. The topological polar surface area (TPSA) is 48.1 Å². The van der Waals surface area contributed by atoms with Crippen molar-refractivity contribution in [3.05, 3.63) is 36.5 Å². The molecule has 2 rings (SSSR count). The summed E-state index contributed by atoms with van der Waals surface area (Å²) in [4.78, 5) is 4.36. The average molecular weight is 230 g/mol. The van der Waals surface area contributed by atoms with E-state index in [1.165, 1.54) is 0 Å². The Hall–Kier alpha value is -1.61. The Morgan fingerprint density at radius 1 is 1.29 bits per heavy atom. The van der Waals surface area contributed by atoms with E-state index in [9.17, 15) is 0 Å². The largest absolute Gasteiger partial charge is 0.488 e. The van der Waals surface area contributed by atoms with Gasteiger partial charge in [-0.15, -0.1) is 0 Å². The molecule has 1 heterocycles. The van der Waals surface area contributed by atoms with Crippen LogP contribution in [-0.4, -0.2) is 17.6 Å². The van der Waals surface area contributed by atoms with Crippen molar-refractivity contribution in [2.75, 3.05) is 6.54 Å². The van der Waals surface area contributed by atoms with Crippen LogP contribution in [0.3, 0.4) is 0 Å². The number of hydrogen-bond acceptors (Lipinski definition) is 3. The van der Waals surface area contributed by atoms with Crippen molar-refractivity contribution >= 4 is 10.9 Å². The molecule has 0 amide bonds. The van der Waals surface area contributed by atoms with Gasteiger partial charge in [-0.25, -0.2) is 0 Å². The van der Waals surface area contributed by atoms with Crippen molar-refractivity contribution in [2.24, 2.45) is 5.73 Å². The first kappa shape index (κ1) is 11.9. The van der Waals surface area contributed by atoms with Gasteiger partial charge in [0, 0.05) is 11.6 Å². The van der Waals surface area contributed by atoms with E-state index in [4.69, 9.17) is 10.5 Å². The first-order valence-corrected chi connectivity index (χ1v) is 6.01. The van der Waals surface area contributed by atoms with Gasteiger partial charge >= 0.3 is 0 Å². The summed E-state index contributed by atoms with van der Waals surface area (Å²) in [7, 11) is 0. The van der Waals surface area contributed by atoms with E-state index < -0.39 is 0 Å². The van der Waals surface area contributed by atoms with Crippen LogP contribution in [0.2, 0.25) is 0 Å². The Balaban J connectivity index is 2.18. The van der Waals surface area contributed by atoms with E-state index in [2.05, 4.69) is 11.9 Å². The lowest BCUT2D eigenvalue weighted by molar-refractivity contribution is 0.211. The van der Waals surface area contributed by atoms with Crippen LogP contribution < -0.4 is 10.5 Å². The van der Waals surface area contributed by atoms with Crippen LogP contribution in [0, 0.1) is 0 Å². The molecule has 3 heteroatoms. The summed E-state index contributed by atoms with van der Waals surface area (Å²) in [5.74, 6) is 0.854. The molecule has 0 fully saturated rings. The van der Waals surface area contributed by atoms with Crippen LogP contribution in [0.15, 0.2) is 36.5 Å². The van der Waals surface area contributed by atoms with Gasteiger partial charge in [-0.05, 0) is 38.4 Å². The van der Waals surface area contributed by atoms with E-state index >= 15 is 0 Å². The zero-order valence-corrected chi connectivity index (χ0v) is 10.1. The van der Waals surface area contributed by atoms with Crippen LogP contribution in [0.25, 0.3) is 10.9 Å². The molecule has 0 spiro atoms. The van der Waals surface area contributed by atoms with Crippen LogP contribution in [-0.2, 0) is 0 Å². The molecule has 2 aromatic rings. The molecule has 2 N–H and O–H groups in total. The number of nitrogens with zero attached hydrogens (tertiary/aromatic N) is 1. The predicted octanol–water partition coefficient (Wildman–Crippen LogP) is 2.74. The van der Waals surface area contributed by atoms with Gasteiger partial charge in [-0.3, -0.25) is 4.98 Å². The summed E-state index contributed by atoms with van der Waals surface area (Å²) in [5.41, 5.74) is 6.42. The van der Waals surface area contributed by atoms with E-state index in [0.29, 0.717) is 6.54 Å². The molecule has 1 atom stereocenters. The SMILES string of the molecule is CC(CCCN)Oc1cccc2cccnc12. The van der Waals surface area contributed by atoms with Crippen molar-refractivity contribution in [3.63, 3.8) is 0 Å². The summed E-state index contributed by atoms with van der Waals surface area (Å²) in [6.45, 7) is 2.78. The highest BCUT2D eigenvalue weighted by Crippen LogP contribution is 2.24. The number of ether oxygens (including phenoxy) is 1. The number of hydrogen-bond donors (Lipinski definition) is 1. The number of nitrogens with two attached hydrogens (primary N) is 1. The quantitative estimate of drug-likeness (QED) is 0.859. The number of rotatable bonds is 5. The van der Waals surface area contributed by atoms with Crippen molar-refractivity contribution < 1.29 is 4.74 Å². The number of benzene rings is 1. The summed E-state index contributed by atoms with van der Waals surface area (Å²) < 4.78 is 5.91. The van der Waals surface area contributed by atoms with Crippen molar-refractivity contribution in [3.8, 4) is 5.75 Å². The van der Waals surface area contributed by atoms with Gasteiger partial charge < -0.3 is 10.5 Å². The third kappa shape index (κ3) is 2.94. The summed E-state index contributed by atoms with van der Waals surface area (Å²) in [5, 5.41) is 1.11. The molecule has 1 aromatic carbocycles. The maximum absolute atomic E-state index is 5.91. The number of pyridine rings is 1. The van der Waals surface area contributed by atoms with Gasteiger partial charge in [-0.2, -0.15) is 0 Å². The summed E-state index contributed by atoms with van der Waals surface area (Å²) in [6, 6.07) is 9.98. The molecule has 90 valence electrons. The number of fused-ring (bicyclic) bond motifs is 1. The number of aromatic nitrogens is 1. The fraction of sp³-hybridized carbons (Fsp3) is 0.357. The first-order valence-electron chi connectivity index (χ1n) is 6.01. The third-order valence-corrected chi connectivity index (χ3v) is 2.74. The van der Waals surface area contributed by atoms with Crippen LogP contribution >= 0.6 is 0 Å². The highest BCUT2D eigenvalue weighted by molar-refractivity contribution is 5.84. The molecular formula is C14H18N2O. The van der Waals surface area contributed by atoms with Gasteiger partial charge in [0.2, 0.25) is 0 Å². The van der Waals surface area contributed by atoms with Gasteiger partial charge in [-0.1, -0.05) is 18.2 Å². The molecule has 0 saturated heterocycles. The lowest BCUT2D eigenvalue weighted by Crippen LogP contribution is -2.14. The fourth-order valence-corrected chi connectivity index (χ4v) is 1.85. The van der Waals surface area contributed by atoms with Crippen LogP contribution in [0.5, 0.6) is 5.75 Å². The molecule has 0 aliphatic heterocycles. The standard InChI is InChI=1S/C14H18N2O/c1-11(5-3-9-15)17-13-8-2-6-12-7-4-10-16-14(12)13/h2,4,6-8,10-11H,3,5,9,15H2,1H3. The average Bonchev–Trinajstić information content (AvgIpc) is 2.37. The molecule has 0 aliphatic carbocycles. The predicted molar refractivity (Wildman–Crippen MR) is 70.1 cm³/mol. The maximum atomic E-state index is 5.91. The molecule has 0 aliphatic rings. The Kier molecular flexibility index (Phi) is 3.94. The van der Waals surface area contributed by atoms with Crippen molar-refractivity contribution in [1.82, 2.24) is 4.98 Å². The normalized spacial score (nSPS) is 12.6. The molecule has 3 nitrogen and oxygen atoms in total. The molecule has 17 heavy (non-hydrogen) atoms. The smallest absolute Gasteiger partial charge is 0.145 e. The monoisotopic (exact) mass is 230 g/mol. The van der Waals surface area contributed by atoms with Crippen molar-refractivity contribution in [2.45, 2.75) is 25.9 Å². The molecule has 0 saturated carbocycles. The highest BCUT2D eigenvalue weighted by atomic mass is 16.5. The Morgan fingerprint density at radius 3 is 2.94 bits per heavy atom. The molecule has 1 unspecified atom stereocenters. The Labute approximate surface area is 102 Å². The zero-order chi connectivity index (χ0) is 12.1. The summed E-state index contributed by atoms with van der Waals surface area (Å²) in [6.07, 6.45) is 3.92. The van der Waals surface area contributed by atoms with Crippen LogP contribution in [0.1, 0.15) is 19.8 Å². The second-order valence-electron chi connectivity index (χ2n) is 4.19. The minimum Gasteiger partial charge on any atom is -0.488 e. The minimum atomic E-state index is 0.172. The van der Waals surface area contributed by atoms with Crippen LogP contribution in [0.4, 0.5) is 0 Å². The maximum Gasteiger partial charge on any atom is 0.145 e. The zero-order valence-electron chi connectivity index (χ0n) is 10.1. The molecular weight excluding hydrogens is 212 g/mol. The van der Waals surface area contributed by atoms with Gasteiger partial charge in [0.25, 0.3) is 0 Å². The lowest BCUT2D eigenvalue weighted by Gasteiger charge is -2.15. The lowest BCUT2D eigenvalue weighted by atomic mass is 10.2. The van der Waals surface area contributed by atoms with Crippen molar-refractivity contribution in [1.29, 1.82) is 0 Å². The van der Waals surface area contributed by atoms with Gasteiger partial charge in [0.05, 0.1) is 6.10 Å². The fourth-order valence-electron chi connectivity index (χ4n) is 1.85.